The number of nitrogens with one attached hydrogen (secondary N) is 2. The number of anilines is 2. The lowest BCUT2D eigenvalue weighted by atomic mass is 9.85. The Morgan fingerprint density at radius 1 is 1.07 bits per heavy atom. The Morgan fingerprint density at radius 2 is 1.81 bits per heavy atom. The minimum Gasteiger partial charge on any atom is -0.371 e. The molecule has 1 saturated carbocycles. The molecule has 0 bridgehead atoms. The number of alkyl halides is 6. The van der Waals surface area contributed by atoms with Gasteiger partial charge in [-0.2, -0.15) is 18.2 Å². The van der Waals surface area contributed by atoms with Crippen LogP contribution in [-0.4, -0.2) is 84.5 Å². The Morgan fingerprint density at radius 3 is 2.45 bits per heavy atom. The lowest BCUT2D eigenvalue weighted by Crippen LogP contribution is -2.57. The van der Waals surface area contributed by atoms with Crippen LogP contribution < -0.4 is 10.6 Å². The zero-order chi connectivity index (χ0) is 30.4. The maximum absolute atomic E-state index is 15.0. The summed E-state index contributed by atoms with van der Waals surface area (Å²) in [5.41, 5.74) is 2.00. The Bertz CT molecular complexity index is 1560. The zero-order valence-electron chi connectivity index (χ0n) is 23.7. The summed E-state index contributed by atoms with van der Waals surface area (Å²) in [6.07, 6.45) is -4.12. The van der Waals surface area contributed by atoms with Gasteiger partial charge in [0.05, 0.1) is 11.7 Å². The number of aryl methyl sites for hydroxylation is 1. The maximum Gasteiger partial charge on any atom is 0.406 e. The molecule has 0 aromatic carbocycles. The third-order valence-corrected chi connectivity index (χ3v) is 7.62. The first-order chi connectivity index (χ1) is 19.9. The minimum absolute atomic E-state index is 0.0613. The third-order valence-electron chi connectivity index (χ3n) is 7.62. The summed E-state index contributed by atoms with van der Waals surface area (Å²) >= 11 is 0. The van der Waals surface area contributed by atoms with Crippen LogP contribution in [0.15, 0.2) is 24.4 Å². The second-order valence-corrected chi connectivity index (χ2v) is 10.4. The van der Waals surface area contributed by atoms with Gasteiger partial charge in [-0.3, -0.25) is 4.90 Å². The van der Waals surface area contributed by atoms with Gasteiger partial charge < -0.3 is 15.2 Å². The molecule has 4 aromatic heterocycles. The SMILES string of the molecule is CC.CNc1nc(NC2CCN(C3CC(F)(F)C3)CC2F)nn2ccc(-c3ccc4nc(C)n(CC(F)(F)F)c4n3)c12. The van der Waals surface area contributed by atoms with Crippen LogP contribution in [0.1, 0.15) is 38.9 Å². The Kier molecular flexibility index (Phi) is 7.98. The molecule has 2 unspecified atom stereocenters. The summed E-state index contributed by atoms with van der Waals surface area (Å²) in [5.74, 6) is -1.86. The van der Waals surface area contributed by atoms with E-state index in [1.54, 1.807) is 40.9 Å². The van der Waals surface area contributed by atoms with Gasteiger partial charge in [-0.15, -0.1) is 5.10 Å². The molecule has 1 aliphatic carbocycles. The second-order valence-electron chi connectivity index (χ2n) is 10.4. The largest absolute Gasteiger partial charge is 0.406 e. The first-order valence-corrected chi connectivity index (χ1v) is 13.9. The molecule has 5 heterocycles. The molecular formula is C27H33F6N9. The summed E-state index contributed by atoms with van der Waals surface area (Å²) in [5, 5.41) is 10.5. The molecular weight excluding hydrogens is 564 g/mol. The van der Waals surface area contributed by atoms with Crippen LogP contribution in [0.25, 0.3) is 27.9 Å². The molecule has 2 atom stereocenters. The maximum atomic E-state index is 15.0. The van der Waals surface area contributed by atoms with E-state index in [9.17, 15) is 22.0 Å². The van der Waals surface area contributed by atoms with Crippen molar-refractivity contribution in [3.63, 3.8) is 0 Å². The van der Waals surface area contributed by atoms with Crippen molar-refractivity contribution in [2.75, 3.05) is 30.8 Å². The number of fused-ring (bicyclic) bond motifs is 2. The van der Waals surface area contributed by atoms with Gasteiger partial charge in [-0.25, -0.2) is 27.7 Å². The number of pyridine rings is 1. The summed E-state index contributed by atoms with van der Waals surface area (Å²) in [7, 11) is 1.66. The van der Waals surface area contributed by atoms with Crippen molar-refractivity contribution in [1.82, 2.24) is 34.0 Å². The molecule has 2 fully saturated rings. The molecule has 42 heavy (non-hydrogen) atoms. The van der Waals surface area contributed by atoms with Gasteiger partial charge in [0.2, 0.25) is 5.95 Å². The Labute approximate surface area is 238 Å². The number of likely N-dealkylation sites (tertiary alicyclic amines) is 1. The van der Waals surface area contributed by atoms with Gasteiger partial charge >= 0.3 is 6.18 Å². The molecule has 1 saturated heterocycles. The summed E-state index contributed by atoms with van der Waals surface area (Å²) in [4.78, 5) is 15.0. The number of halogens is 6. The van der Waals surface area contributed by atoms with E-state index in [2.05, 4.69) is 30.7 Å². The lowest BCUT2D eigenvalue weighted by molar-refractivity contribution is -0.140. The number of piperidine rings is 1. The topological polar surface area (TPSA) is 88.2 Å². The molecule has 0 amide bonds. The normalized spacial score (nSPS) is 21.2. The molecule has 0 radical (unpaired) electrons. The highest BCUT2D eigenvalue weighted by Gasteiger charge is 2.49. The van der Waals surface area contributed by atoms with Crippen LogP contribution >= 0.6 is 0 Å². The minimum atomic E-state index is -4.43. The van der Waals surface area contributed by atoms with Crippen LogP contribution in [0.5, 0.6) is 0 Å². The second kappa shape index (κ2) is 11.2. The fourth-order valence-corrected chi connectivity index (χ4v) is 5.58. The number of aromatic nitrogens is 6. The number of hydrogen-bond donors (Lipinski definition) is 2. The number of rotatable bonds is 6. The monoisotopic (exact) mass is 597 g/mol. The van der Waals surface area contributed by atoms with Gasteiger partial charge in [0.25, 0.3) is 5.92 Å². The van der Waals surface area contributed by atoms with E-state index < -0.39 is 30.9 Å². The Hall–Kier alpha value is -3.62. The number of hydrogen-bond acceptors (Lipinski definition) is 7. The van der Waals surface area contributed by atoms with Crippen molar-refractivity contribution in [3.8, 4) is 11.3 Å². The molecule has 4 aromatic rings. The summed E-state index contributed by atoms with van der Waals surface area (Å²) in [6.45, 7) is 4.85. The molecule has 2 aliphatic rings. The van der Waals surface area contributed by atoms with Crippen LogP contribution in [0.4, 0.5) is 38.1 Å². The molecule has 9 nitrogen and oxygen atoms in total. The van der Waals surface area contributed by atoms with Gasteiger partial charge in [-0.1, -0.05) is 13.8 Å². The fourth-order valence-electron chi connectivity index (χ4n) is 5.58. The van der Waals surface area contributed by atoms with Crippen molar-refractivity contribution in [2.24, 2.45) is 0 Å². The predicted octanol–water partition coefficient (Wildman–Crippen LogP) is 5.70. The van der Waals surface area contributed by atoms with Crippen molar-refractivity contribution in [3.05, 3.63) is 30.2 Å². The highest BCUT2D eigenvalue weighted by atomic mass is 19.4. The average Bonchev–Trinajstić information content (AvgIpc) is 3.48. The van der Waals surface area contributed by atoms with Crippen molar-refractivity contribution in [2.45, 2.75) is 76.9 Å². The van der Waals surface area contributed by atoms with Gasteiger partial charge in [0.1, 0.15) is 29.6 Å². The molecule has 6 rings (SSSR count). The van der Waals surface area contributed by atoms with E-state index >= 15 is 4.39 Å². The Balaban J connectivity index is 0.00000173. The van der Waals surface area contributed by atoms with Crippen LogP contribution in [0.2, 0.25) is 0 Å². The standard InChI is InChI=1S/C25H27F6N9.C2H6/c1-13-33-19-4-3-17(34-22(19)39(13)12-25(29,30)31)15-5-8-40-20(15)21(32-2)36-23(37-40)35-18-6-7-38(11-16(18)26)14-9-24(27,28)10-14;1-2/h3-5,8,14,16,18H,6-7,9-12H2,1-2H3,(H2,32,35,36,37);1-2H3. The van der Waals surface area contributed by atoms with E-state index in [1.165, 1.54) is 6.92 Å². The van der Waals surface area contributed by atoms with E-state index in [-0.39, 0.29) is 42.8 Å². The first-order valence-electron chi connectivity index (χ1n) is 13.9. The van der Waals surface area contributed by atoms with Crippen molar-refractivity contribution >= 4 is 28.4 Å². The lowest BCUT2D eigenvalue weighted by Gasteiger charge is -2.46. The summed E-state index contributed by atoms with van der Waals surface area (Å²) < 4.78 is 83.6. The zero-order valence-corrected chi connectivity index (χ0v) is 23.7. The van der Waals surface area contributed by atoms with Crippen molar-refractivity contribution in [1.29, 1.82) is 0 Å². The average molecular weight is 598 g/mol. The van der Waals surface area contributed by atoms with Crippen LogP contribution in [0.3, 0.4) is 0 Å². The molecule has 228 valence electrons. The molecule has 15 heteroatoms. The molecule has 2 N–H and O–H groups in total. The highest BCUT2D eigenvalue weighted by molar-refractivity contribution is 5.89. The fraction of sp³-hybridized carbons (Fsp3) is 0.556. The predicted molar refractivity (Wildman–Crippen MR) is 148 cm³/mol. The van der Waals surface area contributed by atoms with Crippen LogP contribution in [0, 0.1) is 6.92 Å². The highest BCUT2D eigenvalue weighted by Crippen LogP contribution is 2.41. The molecule has 1 aliphatic heterocycles. The van der Waals surface area contributed by atoms with Gasteiger partial charge in [0, 0.05) is 50.8 Å². The van der Waals surface area contributed by atoms with Gasteiger partial charge in [-0.05, 0) is 31.5 Å². The van der Waals surface area contributed by atoms with E-state index in [0.29, 0.717) is 41.1 Å². The van der Waals surface area contributed by atoms with Crippen LogP contribution in [-0.2, 0) is 6.54 Å². The van der Waals surface area contributed by atoms with E-state index in [0.717, 1.165) is 4.57 Å². The number of nitrogens with zero attached hydrogens (tertiary/aromatic N) is 7. The number of imidazole rings is 1. The third kappa shape index (κ3) is 5.83. The smallest absolute Gasteiger partial charge is 0.371 e. The first kappa shape index (κ1) is 29.9. The van der Waals surface area contributed by atoms with Gasteiger partial charge in [0.15, 0.2) is 11.5 Å². The summed E-state index contributed by atoms with van der Waals surface area (Å²) in [6, 6.07) is 4.14. The van der Waals surface area contributed by atoms with E-state index in [1.807, 2.05) is 13.8 Å². The molecule has 0 spiro atoms. The quantitative estimate of drug-likeness (QED) is 0.276. The van der Waals surface area contributed by atoms with E-state index in [4.69, 9.17) is 0 Å². The van der Waals surface area contributed by atoms with Crippen molar-refractivity contribution < 1.29 is 26.3 Å².